The number of carbonyl (C=O) groups excluding carboxylic acids is 2. The molecule has 24 heavy (non-hydrogen) atoms. The number of aryl methyl sites for hydroxylation is 1. The number of carboxylic acid groups (broad SMARTS) is 1. The summed E-state index contributed by atoms with van der Waals surface area (Å²) in [6.07, 6.45) is 4.36. The maximum absolute atomic E-state index is 12.6. The molecule has 1 fully saturated rings. The summed E-state index contributed by atoms with van der Waals surface area (Å²) < 4.78 is 1.25. The molecule has 1 atom stereocenters. The van der Waals surface area contributed by atoms with Gasteiger partial charge in [0, 0.05) is 12.6 Å². The molecule has 7 nitrogen and oxygen atoms in total. The largest absolute Gasteiger partial charge is 0.544 e. The summed E-state index contributed by atoms with van der Waals surface area (Å²) in [7, 11) is 0. The molecule has 0 saturated carbocycles. The minimum atomic E-state index is -1.32. The Morgan fingerprint density at radius 1 is 1.42 bits per heavy atom. The molecule has 128 valence electrons. The Bertz CT molecular complexity index is 870. The molecule has 1 saturated heterocycles. The van der Waals surface area contributed by atoms with Crippen LogP contribution >= 0.6 is 11.3 Å². The second-order valence-corrected chi connectivity index (χ2v) is 7.13. The van der Waals surface area contributed by atoms with Crippen LogP contribution in [0.4, 0.5) is 0 Å². The van der Waals surface area contributed by atoms with E-state index in [9.17, 15) is 19.5 Å². The van der Waals surface area contributed by atoms with Gasteiger partial charge in [-0.1, -0.05) is 0 Å². The molecule has 2 aromatic rings. The normalized spacial score (nSPS) is 18.1. The predicted molar refractivity (Wildman–Crippen MR) is 88.0 cm³/mol. The van der Waals surface area contributed by atoms with Gasteiger partial charge in [-0.15, -0.1) is 11.3 Å². The summed E-state index contributed by atoms with van der Waals surface area (Å²) in [6.45, 7) is 4.20. The molecular weight excluding hydrogens is 330 g/mol. The summed E-state index contributed by atoms with van der Waals surface area (Å²) in [5, 5.41) is 11.4. The van der Waals surface area contributed by atoms with Crippen molar-refractivity contribution in [2.75, 3.05) is 6.54 Å². The Kier molecular flexibility index (Phi) is 4.40. The van der Waals surface area contributed by atoms with Crippen molar-refractivity contribution >= 4 is 33.4 Å². The van der Waals surface area contributed by atoms with Crippen molar-refractivity contribution in [1.82, 2.24) is 14.5 Å². The smallest absolute Gasteiger partial charge is 0.262 e. The van der Waals surface area contributed by atoms with E-state index in [2.05, 4.69) is 4.98 Å². The van der Waals surface area contributed by atoms with E-state index in [-0.39, 0.29) is 34.3 Å². The first-order chi connectivity index (χ1) is 11.4. The van der Waals surface area contributed by atoms with E-state index in [0.29, 0.717) is 16.9 Å². The quantitative estimate of drug-likeness (QED) is 0.806. The average molecular weight is 348 g/mol. The molecule has 1 aliphatic rings. The Labute approximate surface area is 142 Å². The van der Waals surface area contributed by atoms with Gasteiger partial charge in [-0.3, -0.25) is 14.2 Å². The maximum atomic E-state index is 12.6. The highest BCUT2D eigenvalue weighted by Crippen LogP contribution is 2.26. The van der Waals surface area contributed by atoms with Gasteiger partial charge in [0.2, 0.25) is 5.91 Å². The van der Waals surface area contributed by atoms with E-state index in [1.165, 1.54) is 10.9 Å². The highest BCUT2D eigenvalue weighted by Gasteiger charge is 2.24. The number of nitrogens with zero attached hydrogens (tertiary/aromatic N) is 3. The zero-order valence-corrected chi connectivity index (χ0v) is 14.4. The van der Waals surface area contributed by atoms with Crippen LogP contribution in [0.25, 0.3) is 10.2 Å². The summed E-state index contributed by atoms with van der Waals surface area (Å²) >= 11 is 0.920. The molecule has 1 amide bonds. The average Bonchev–Trinajstić information content (AvgIpc) is 2.88. The Hall–Kier alpha value is -2.22. The van der Waals surface area contributed by atoms with Crippen LogP contribution in [0.3, 0.4) is 0 Å². The highest BCUT2D eigenvalue weighted by molar-refractivity contribution is 7.20. The number of thiophene rings is 1. The number of fused-ring (bicyclic) bond motifs is 1. The lowest BCUT2D eigenvalue weighted by atomic mass is 10.0. The number of hydrogen-bond acceptors (Lipinski definition) is 6. The molecule has 0 radical (unpaired) electrons. The van der Waals surface area contributed by atoms with E-state index < -0.39 is 5.97 Å². The van der Waals surface area contributed by atoms with Crippen molar-refractivity contribution in [3.05, 3.63) is 27.1 Å². The number of carbonyl (C=O) groups is 2. The van der Waals surface area contributed by atoms with E-state index in [1.54, 1.807) is 11.8 Å². The van der Waals surface area contributed by atoms with E-state index in [4.69, 9.17) is 0 Å². The van der Waals surface area contributed by atoms with Gasteiger partial charge in [0.05, 0.1) is 22.6 Å². The Morgan fingerprint density at radius 3 is 2.83 bits per heavy atom. The third-order valence-electron chi connectivity index (χ3n) is 4.53. The lowest BCUT2D eigenvalue weighted by Gasteiger charge is -2.33. The second-order valence-electron chi connectivity index (χ2n) is 6.13. The van der Waals surface area contributed by atoms with E-state index in [0.717, 1.165) is 30.6 Å². The van der Waals surface area contributed by atoms with Gasteiger partial charge in [0.1, 0.15) is 11.4 Å². The Balaban J connectivity index is 1.94. The van der Waals surface area contributed by atoms with Gasteiger partial charge >= 0.3 is 0 Å². The summed E-state index contributed by atoms with van der Waals surface area (Å²) in [5.41, 5.74) is -0.0418. The molecule has 0 aromatic carbocycles. The van der Waals surface area contributed by atoms with Crippen molar-refractivity contribution in [2.45, 2.75) is 45.7 Å². The van der Waals surface area contributed by atoms with Crippen LogP contribution in [0.15, 0.2) is 11.1 Å². The zero-order chi connectivity index (χ0) is 17.4. The summed E-state index contributed by atoms with van der Waals surface area (Å²) in [4.78, 5) is 42.5. The van der Waals surface area contributed by atoms with E-state index in [1.807, 2.05) is 6.92 Å². The van der Waals surface area contributed by atoms with E-state index >= 15 is 0 Å². The first-order valence-corrected chi connectivity index (χ1v) is 8.71. The number of likely N-dealkylation sites (tertiary alicyclic amines) is 1. The van der Waals surface area contributed by atoms with Crippen molar-refractivity contribution in [2.24, 2.45) is 0 Å². The van der Waals surface area contributed by atoms with Crippen LogP contribution in [-0.2, 0) is 11.3 Å². The molecule has 1 unspecified atom stereocenters. The lowest BCUT2D eigenvalue weighted by Crippen LogP contribution is -2.44. The predicted octanol–water partition coefficient (Wildman–Crippen LogP) is 0.531. The topological polar surface area (TPSA) is 95.3 Å². The number of hydrogen-bond donors (Lipinski definition) is 0. The first-order valence-electron chi connectivity index (χ1n) is 7.89. The fourth-order valence-corrected chi connectivity index (χ4v) is 4.15. The zero-order valence-electron chi connectivity index (χ0n) is 13.6. The van der Waals surface area contributed by atoms with Crippen LogP contribution in [0.1, 0.15) is 41.4 Å². The SMILES string of the molecule is Cc1c(C(=O)[O-])sc2ncn(CC(=O)N3CCCCC3C)c(=O)c12. The van der Waals surface area contributed by atoms with Crippen LogP contribution in [0.5, 0.6) is 0 Å². The van der Waals surface area contributed by atoms with Crippen molar-refractivity contribution in [3.8, 4) is 0 Å². The van der Waals surface area contributed by atoms with Gasteiger partial charge in [-0.05, 0) is 38.7 Å². The highest BCUT2D eigenvalue weighted by atomic mass is 32.1. The molecule has 0 aliphatic carbocycles. The van der Waals surface area contributed by atoms with Crippen molar-refractivity contribution < 1.29 is 14.7 Å². The minimum absolute atomic E-state index is 0.00308. The number of amides is 1. The summed E-state index contributed by atoms with van der Waals surface area (Å²) in [5.74, 6) is -1.43. The molecule has 8 heteroatoms. The standard InChI is InChI=1S/C16H19N3O4S/c1-9-5-3-4-6-19(9)11(20)7-18-8-17-14-12(15(18)21)10(2)13(24-14)16(22)23/h8-9H,3-7H2,1-2H3,(H,22,23)/p-1. The van der Waals surface area contributed by atoms with Crippen molar-refractivity contribution in [1.29, 1.82) is 0 Å². The molecule has 3 heterocycles. The van der Waals surface area contributed by atoms with Crippen LogP contribution in [0.2, 0.25) is 0 Å². The fourth-order valence-electron chi connectivity index (χ4n) is 3.17. The third kappa shape index (κ3) is 2.82. The van der Waals surface area contributed by atoms with Gasteiger partial charge in [0.15, 0.2) is 0 Å². The third-order valence-corrected chi connectivity index (χ3v) is 5.71. The molecule has 0 N–H and O–H groups in total. The maximum Gasteiger partial charge on any atom is 0.262 e. The molecule has 0 spiro atoms. The van der Waals surface area contributed by atoms with Gasteiger partial charge in [-0.25, -0.2) is 4.98 Å². The fraction of sp³-hybridized carbons (Fsp3) is 0.500. The number of aromatic nitrogens is 2. The van der Waals surface area contributed by atoms with Gasteiger partial charge < -0.3 is 14.8 Å². The molecular formula is C16H18N3O4S-. The number of rotatable bonds is 3. The first kappa shape index (κ1) is 16.6. The molecule has 0 bridgehead atoms. The monoisotopic (exact) mass is 348 g/mol. The lowest BCUT2D eigenvalue weighted by molar-refractivity contribution is -0.254. The summed E-state index contributed by atoms with van der Waals surface area (Å²) in [6, 6.07) is 0.172. The Morgan fingerprint density at radius 2 is 2.17 bits per heavy atom. The molecule has 2 aromatic heterocycles. The van der Waals surface area contributed by atoms with Crippen molar-refractivity contribution in [3.63, 3.8) is 0 Å². The number of aromatic carboxylic acids is 1. The minimum Gasteiger partial charge on any atom is -0.544 e. The van der Waals surface area contributed by atoms with Crippen LogP contribution in [0, 0.1) is 6.92 Å². The molecule has 3 rings (SSSR count). The van der Waals surface area contributed by atoms with Crippen LogP contribution in [-0.4, -0.2) is 38.9 Å². The van der Waals surface area contributed by atoms with Gasteiger partial charge in [0.25, 0.3) is 5.56 Å². The second kappa shape index (κ2) is 6.35. The van der Waals surface area contributed by atoms with Gasteiger partial charge in [-0.2, -0.15) is 0 Å². The number of piperidine rings is 1. The molecule has 1 aliphatic heterocycles. The number of carboxylic acids is 1. The van der Waals surface area contributed by atoms with Crippen LogP contribution < -0.4 is 10.7 Å².